The summed E-state index contributed by atoms with van der Waals surface area (Å²) in [6.07, 6.45) is 0. The number of benzene rings is 1. The summed E-state index contributed by atoms with van der Waals surface area (Å²) in [5.41, 5.74) is 6.16. The zero-order chi connectivity index (χ0) is 13.5. The molecular weight excluding hydrogens is 234 g/mol. The van der Waals surface area contributed by atoms with Gasteiger partial charge in [-0.15, -0.1) is 0 Å². The van der Waals surface area contributed by atoms with Gasteiger partial charge in [-0.25, -0.2) is 0 Å². The molecule has 3 N–H and O–H groups in total. The first kappa shape index (κ1) is 13.8. The van der Waals surface area contributed by atoms with E-state index >= 15 is 0 Å². The molecule has 0 aliphatic rings. The van der Waals surface area contributed by atoms with E-state index in [1.165, 1.54) is 11.9 Å². The van der Waals surface area contributed by atoms with Gasteiger partial charge < -0.3 is 20.7 Å². The second kappa shape index (κ2) is 6.48. The Morgan fingerprint density at radius 3 is 2.50 bits per heavy atom. The lowest BCUT2D eigenvalue weighted by molar-refractivity contribution is -0.136. The minimum absolute atomic E-state index is 0.0143. The average molecular weight is 251 g/mol. The van der Waals surface area contributed by atoms with Crippen LogP contribution in [0.25, 0.3) is 0 Å². The Morgan fingerprint density at radius 2 is 1.94 bits per heavy atom. The molecule has 0 heterocycles. The quantitative estimate of drug-likeness (QED) is 0.713. The first-order chi connectivity index (χ1) is 8.52. The molecule has 6 heteroatoms. The molecule has 0 bridgehead atoms. The summed E-state index contributed by atoms with van der Waals surface area (Å²) in [6, 6.07) is 6.74. The van der Waals surface area contributed by atoms with Crippen molar-refractivity contribution in [3.8, 4) is 5.75 Å². The standard InChI is InChI=1S/C12H17N3O3/c1-14-11(16)7-15(2)12(17)8-18-10-5-3-9(13)4-6-10/h3-6H,7-8,13H2,1-2H3,(H,14,16). The number of amides is 2. The monoisotopic (exact) mass is 251 g/mol. The molecule has 0 aliphatic carbocycles. The van der Waals surface area contributed by atoms with E-state index in [9.17, 15) is 9.59 Å². The predicted octanol–water partition coefficient (Wildman–Crippen LogP) is -0.148. The van der Waals surface area contributed by atoms with Crippen molar-refractivity contribution in [3.05, 3.63) is 24.3 Å². The van der Waals surface area contributed by atoms with Crippen molar-refractivity contribution < 1.29 is 14.3 Å². The fourth-order valence-corrected chi connectivity index (χ4v) is 1.20. The highest BCUT2D eigenvalue weighted by atomic mass is 16.5. The Hall–Kier alpha value is -2.24. The molecule has 0 spiro atoms. The molecule has 0 saturated carbocycles. The lowest BCUT2D eigenvalue weighted by Gasteiger charge is -2.16. The zero-order valence-corrected chi connectivity index (χ0v) is 10.5. The number of nitrogens with one attached hydrogen (secondary N) is 1. The second-order valence-electron chi connectivity index (χ2n) is 3.78. The van der Waals surface area contributed by atoms with Crippen LogP contribution in [0.2, 0.25) is 0 Å². The SMILES string of the molecule is CNC(=O)CN(C)C(=O)COc1ccc(N)cc1. The molecule has 0 radical (unpaired) electrons. The number of carbonyl (C=O) groups excluding carboxylic acids is 2. The molecule has 98 valence electrons. The summed E-state index contributed by atoms with van der Waals surface area (Å²) in [5.74, 6) is 0.0691. The summed E-state index contributed by atoms with van der Waals surface area (Å²) in [6.45, 7) is -0.0994. The van der Waals surface area contributed by atoms with Gasteiger partial charge in [-0.3, -0.25) is 9.59 Å². The molecule has 0 aromatic heterocycles. The molecule has 1 rings (SSSR count). The first-order valence-corrected chi connectivity index (χ1v) is 5.46. The highest BCUT2D eigenvalue weighted by Crippen LogP contribution is 2.12. The topological polar surface area (TPSA) is 84.7 Å². The fourth-order valence-electron chi connectivity index (χ4n) is 1.20. The van der Waals surface area contributed by atoms with Gasteiger partial charge in [0.05, 0.1) is 6.54 Å². The lowest BCUT2D eigenvalue weighted by atomic mass is 10.3. The van der Waals surface area contributed by atoms with Crippen LogP contribution in [0.1, 0.15) is 0 Å². The summed E-state index contributed by atoms with van der Waals surface area (Å²) < 4.78 is 5.28. The van der Waals surface area contributed by atoms with Crippen LogP contribution < -0.4 is 15.8 Å². The van der Waals surface area contributed by atoms with Crippen molar-refractivity contribution in [1.82, 2.24) is 10.2 Å². The third kappa shape index (κ3) is 4.32. The number of nitrogen functional groups attached to an aromatic ring is 1. The van der Waals surface area contributed by atoms with E-state index in [-0.39, 0.29) is 25.0 Å². The molecule has 18 heavy (non-hydrogen) atoms. The molecule has 0 saturated heterocycles. The molecular formula is C12H17N3O3. The van der Waals surface area contributed by atoms with Crippen molar-refractivity contribution in [2.24, 2.45) is 0 Å². The maximum Gasteiger partial charge on any atom is 0.260 e. The fraction of sp³-hybridized carbons (Fsp3) is 0.333. The van der Waals surface area contributed by atoms with Crippen molar-refractivity contribution in [2.45, 2.75) is 0 Å². The van der Waals surface area contributed by atoms with Crippen LogP contribution in [-0.4, -0.2) is 44.0 Å². The molecule has 0 unspecified atom stereocenters. The molecule has 0 fully saturated rings. The largest absolute Gasteiger partial charge is 0.484 e. The maximum atomic E-state index is 11.6. The molecule has 2 amide bonds. The number of anilines is 1. The summed E-state index contributed by atoms with van der Waals surface area (Å²) in [7, 11) is 3.06. The lowest BCUT2D eigenvalue weighted by Crippen LogP contribution is -2.39. The van der Waals surface area contributed by atoms with E-state index < -0.39 is 0 Å². The molecule has 0 aliphatic heterocycles. The summed E-state index contributed by atoms with van der Waals surface area (Å²) in [4.78, 5) is 24.0. The van der Waals surface area contributed by atoms with Gasteiger partial charge in [0.1, 0.15) is 5.75 Å². The van der Waals surface area contributed by atoms with Crippen LogP contribution in [0.15, 0.2) is 24.3 Å². The Balaban J connectivity index is 2.41. The molecule has 0 atom stereocenters. The van der Waals surface area contributed by atoms with Crippen molar-refractivity contribution in [2.75, 3.05) is 33.0 Å². The third-order valence-corrected chi connectivity index (χ3v) is 2.33. The van der Waals surface area contributed by atoms with Crippen LogP contribution in [0.4, 0.5) is 5.69 Å². The van der Waals surface area contributed by atoms with Gasteiger partial charge in [-0.2, -0.15) is 0 Å². The van der Waals surface area contributed by atoms with Crippen molar-refractivity contribution in [1.29, 1.82) is 0 Å². The first-order valence-electron chi connectivity index (χ1n) is 5.46. The zero-order valence-electron chi connectivity index (χ0n) is 10.5. The van der Waals surface area contributed by atoms with Crippen LogP contribution in [0.3, 0.4) is 0 Å². The van der Waals surface area contributed by atoms with Gasteiger partial charge in [-0.05, 0) is 24.3 Å². The highest BCUT2D eigenvalue weighted by Gasteiger charge is 2.12. The maximum absolute atomic E-state index is 11.6. The summed E-state index contributed by atoms with van der Waals surface area (Å²) >= 11 is 0. The number of nitrogens with two attached hydrogens (primary N) is 1. The highest BCUT2D eigenvalue weighted by molar-refractivity contribution is 5.85. The Labute approximate surface area is 106 Å². The number of rotatable bonds is 5. The van der Waals surface area contributed by atoms with Crippen molar-refractivity contribution >= 4 is 17.5 Å². The predicted molar refractivity (Wildman–Crippen MR) is 68.1 cm³/mol. The van der Waals surface area contributed by atoms with E-state index in [1.807, 2.05) is 0 Å². The Bertz CT molecular complexity index is 417. The van der Waals surface area contributed by atoms with E-state index in [4.69, 9.17) is 10.5 Å². The van der Waals surface area contributed by atoms with Gasteiger partial charge in [0, 0.05) is 19.8 Å². The van der Waals surface area contributed by atoms with E-state index in [2.05, 4.69) is 5.32 Å². The van der Waals surface area contributed by atoms with Crippen molar-refractivity contribution in [3.63, 3.8) is 0 Å². The van der Waals surface area contributed by atoms with Crippen LogP contribution >= 0.6 is 0 Å². The Morgan fingerprint density at radius 1 is 1.33 bits per heavy atom. The number of likely N-dealkylation sites (N-methyl/N-ethyl adjacent to an activating group) is 2. The average Bonchev–Trinajstić information content (AvgIpc) is 2.37. The Kier molecular flexibility index (Phi) is 4.98. The second-order valence-corrected chi connectivity index (χ2v) is 3.78. The van der Waals surface area contributed by atoms with E-state index in [1.54, 1.807) is 31.3 Å². The number of carbonyl (C=O) groups is 2. The summed E-state index contributed by atoms with van der Waals surface area (Å²) in [5, 5.41) is 2.44. The van der Waals surface area contributed by atoms with Crippen LogP contribution in [0.5, 0.6) is 5.75 Å². The number of ether oxygens (including phenoxy) is 1. The minimum Gasteiger partial charge on any atom is -0.484 e. The number of nitrogens with zero attached hydrogens (tertiary/aromatic N) is 1. The normalized spacial score (nSPS) is 9.67. The molecule has 1 aromatic carbocycles. The minimum atomic E-state index is -0.268. The van der Waals surface area contributed by atoms with Gasteiger partial charge >= 0.3 is 0 Å². The van der Waals surface area contributed by atoms with Crippen LogP contribution in [-0.2, 0) is 9.59 Å². The van der Waals surface area contributed by atoms with E-state index in [0.29, 0.717) is 11.4 Å². The molecule has 6 nitrogen and oxygen atoms in total. The third-order valence-electron chi connectivity index (χ3n) is 2.33. The van der Waals surface area contributed by atoms with Gasteiger partial charge in [0.2, 0.25) is 5.91 Å². The van der Waals surface area contributed by atoms with Gasteiger partial charge in [0.15, 0.2) is 6.61 Å². The van der Waals surface area contributed by atoms with Crippen LogP contribution in [0, 0.1) is 0 Å². The number of hydrogen-bond donors (Lipinski definition) is 2. The molecule has 1 aromatic rings. The number of hydrogen-bond acceptors (Lipinski definition) is 4. The van der Waals surface area contributed by atoms with Gasteiger partial charge in [-0.1, -0.05) is 0 Å². The smallest absolute Gasteiger partial charge is 0.260 e. The van der Waals surface area contributed by atoms with E-state index in [0.717, 1.165) is 0 Å². The van der Waals surface area contributed by atoms with Gasteiger partial charge in [0.25, 0.3) is 5.91 Å².